The van der Waals surface area contributed by atoms with Crippen molar-refractivity contribution in [2.75, 3.05) is 4.72 Å². The average molecular weight is 463 g/mol. The average Bonchev–Trinajstić information content (AvgIpc) is 2.68. The van der Waals surface area contributed by atoms with Gasteiger partial charge in [-0.3, -0.25) is 9.52 Å². The number of hydrogen-bond acceptors (Lipinski definition) is 6. The molecule has 0 aliphatic rings. The topological polar surface area (TPSA) is 103 Å². The number of ether oxygens (including phenoxy) is 1. The van der Waals surface area contributed by atoms with Gasteiger partial charge in [-0.2, -0.15) is 9.97 Å². The van der Waals surface area contributed by atoms with E-state index in [1.807, 2.05) is 6.92 Å². The van der Waals surface area contributed by atoms with Crippen LogP contribution in [-0.4, -0.2) is 28.2 Å². The monoisotopic (exact) mass is 462 g/mol. The Bertz CT molecular complexity index is 1280. The summed E-state index contributed by atoms with van der Waals surface area (Å²) < 4.78 is 34.5. The minimum Gasteiger partial charge on any atom is -0.424 e. The molecule has 31 heavy (non-hydrogen) atoms. The van der Waals surface area contributed by atoms with Crippen LogP contribution in [0.4, 0.5) is 5.82 Å². The summed E-state index contributed by atoms with van der Waals surface area (Å²) >= 11 is 6.07. The summed E-state index contributed by atoms with van der Waals surface area (Å²) in [6.07, 6.45) is 1.62. The fourth-order valence-corrected chi connectivity index (χ4v) is 3.53. The molecule has 0 aliphatic carbocycles. The number of sulfonamides is 1. The Balaban J connectivity index is 2.14. The molecule has 0 unspecified atom stereocenters. The highest BCUT2D eigenvalue weighted by molar-refractivity contribution is 7.93. The molecule has 3 aromatic rings. The highest BCUT2D eigenvalue weighted by Gasteiger charge is 2.19. The van der Waals surface area contributed by atoms with Crippen molar-refractivity contribution in [3.05, 3.63) is 63.0 Å². The second-order valence-corrected chi connectivity index (χ2v) is 10.1. The normalized spacial score (nSPS) is 11.6. The first-order chi connectivity index (χ1) is 14.5. The lowest BCUT2D eigenvalue weighted by molar-refractivity contribution is 0.440. The number of halogens is 1. The number of nitrogens with zero attached hydrogens (tertiary/aromatic N) is 3. The van der Waals surface area contributed by atoms with E-state index in [1.54, 1.807) is 58.3 Å². The van der Waals surface area contributed by atoms with Gasteiger partial charge in [-0.1, -0.05) is 17.7 Å². The van der Waals surface area contributed by atoms with Crippen molar-refractivity contribution in [1.82, 2.24) is 14.5 Å². The van der Waals surface area contributed by atoms with Crippen molar-refractivity contribution < 1.29 is 13.2 Å². The van der Waals surface area contributed by atoms with Gasteiger partial charge in [-0.05, 0) is 51.5 Å². The Kier molecular flexibility index (Phi) is 6.38. The summed E-state index contributed by atoms with van der Waals surface area (Å²) in [5.41, 5.74) is 2.20. The number of aryl methyl sites for hydroxylation is 3. The van der Waals surface area contributed by atoms with Crippen LogP contribution in [0.3, 0.4) is 0 Å². The number of rotatable bonds is 6. The Morgan fingerprint density at radius 2 is 1.81 bits per heavy atom. The van der Waals surface area contributed by atoms with E-state index in [2.05, 4.69) is 14.7 Å². The molecule has 10 heteroatoms. The highest BCUT2D eigenvalue weighted by atomic mass is 35.5. The van der Waals surface area contributed by atoms with E-state index in [1.165, 1.54) is 10.6 Å². The second kappa shape index (κ2) is 8.68. The summed E-state index contributed by atoms with van der Waals surface area (Å²) in [4.78, 5) is 20.7. The molecule has 1 N–H and O–H groups in total. The van der Waals surface area contributed by atoms with Gasteiger partial charge in [0.15, 0.2) is 0 Å². The van der Waals surface area contributed by atoms with Crippen LogP contribution in [0, 0.1) is 13.8 Å². The summed E-state index contributed by atoms with van der Waals surface area (Å²) in [6.45, 7) is 6.66. The van der Waals surface area contributed by atoms with Crippen LogP contribution in [0.25, 0.3) is 11.3 Å². The van der Waals surface area contributed by atoms with Crippen LogP contribution < -0.4 is 15.0 Å². The molecule has 0 saturated carbocycles. The predicted octanol–water partition coefficient (Wildman–Crippen LogP) is 4.05. The van der Waals surface area contributed by atoms with Gasteiger partial charge in [0.2, 0.25) is 10.0 Å². The molecule has 0 radical (unpaired) electrons. The summed E-state index contributed by atoms with van der Waals surface area (Å²) in [6, 6.07) is 8.27. The number of aromatic nitrogens is 3. The fourth-order valence-electron chi connectivity index (χ4n) is 2.73. The fraction of sp³-hybridized carbons (Fsp3) is 0.286. The van der Waals surface area contributed by atoms with Crippen LogP contribution >= 0.6 is 11.6 Å². The van der Waals surface area contributed by atoms with Gasteiger partial charge in [0.1, 0.15) is 11.6 Å². The maximum atomic E-state index is 12.4. The van der Waals surface area contributed by atoms with E-state index in [9.17, 15) is 13.2 Å². The van der Waals surface area contributed by atoms with E-state index < -0.39 is 15.3 Å². The highest BCUT2D eigenvalue weighted by Crippen LogP contribution is 2.29. The molecule has 1 aromatic carbocycles. The second-order valence-electron chi connectivity index (χ2n) is 7.46. The van der Waals surface area contributed by atoms with Gasteiger partial charge >= 0.3 is 6.01 Å². The van der Waals surface area contributed by atoms with Gasteiger partial charge < -0.3 is 9.30 Å². The standard InChI is InChI=1S/C21H23ClN4O4S/c1-12(2)31(28,29)25-19-10-17(15-8-14(4)20(27)26(5)11-15)23-21(24-19)30-18-9-16(22)7-6-13(18)3/h6-12H,1-5H3,(H,23,24,25). The Labute approximate surface area is 185 Å². The first kappa shape index (κ1) is 22.8. The zero-order valence-corrected chi connectivity index (χ0v) is 19.4. The molecule has 2 aromatic heterocycles. The lowest BCUT2D eigenvalue weighted by Crippen LogP contribution is -2.23. The number of hydrogen-bond donors (Lipinski definition) is 1. The number of pyridine rings is 1. The molecule has 0 aliphatic heterocycles. The molecule has 0 spiro atoms. The quantitative estimate of drug-likeness (QED) is 0.592. The molecule has 2 heterocycles. The van der Waals surface area contributed by atoms with Crippen LogP contribution in [0.5, 0.6) is 11.8 Å². The third-order valence-electron chi connectivity index (χ3n) is 4.58. The molecule has 0 fully saturated rings. The van der Waals surface area contributed by atoms with E-state index in [4.69, 9.17) is 16.3 Å². The number of benzene rings is 1. The van der Waals surface area contributed by atoms with Gasteiger partial charge in [0.05, 0.1) is 10.9 Å². The molecule has 0 amide bonds. The minimum atomic E-state index is -3.65. The van der Waals surface area contributed by atoms with Crippen LogP contribution in [-0.2, 0) is 17.1 Å². The molecule has 0 bridgehead atoms. The van der Waals surface area contributed by atoms with E-state index >= 15 is 0 Å². The van der Waals surface area contributed by atoms with Crippen LogP contribution in [0.15, 0.2) is 41.3 Å². The minimum absolute atomic E-state index is 0.0555. The number of anilines is 1. The van der Waals surface area contributed by atoms with Crippen molar-refractivity contribution in [1.29, 1.82) is 0 Å². The maximum Gasteiger partial charge on any atom is 0.324 e. The van der Waals surface area contributed by atoms with Gasteiger partial charge in [0.25, 0.3) is 5.56 Å². The molecule has 164 valence electrons. The van der Waals surface area contributed by atoms with Crippen molar-refractivity contribution >= 4 is 27.4 Å². The molecule has 0 saturated heterocycles. The SMILES string of the molecule is Cc1ccc(Cl)cc1Oc1nc(NS(=O)(=O)C(C)C)cc(-c2cc(C)c(=O)n(C)c2)n1. The predicted molar refractivity (Wildman–Crippen MR) is 121 cm³/mol. The van der Waals surface area contributed by atoms with Crippen LogP contribution in [0.1, 0.15) is 25.0 Å². The van der Waals surface area contributed by atoms with Crippen LogP contribution in [0.2, 0.25) is 5.02 Å². The zero-order valence-electron chi connectivity index (χ0n) is 17.8. The number of nitrogens with one attached hydrogen (secondary N) is 1. The van der Waals surface area contributed by atoms with E-state index in [-0.39, 0.29) is 17.4 Å². The molecule has 3 rings (SSSR count). The molecular formula is C21H23ClN4O4S. The Morgan fingerprint density at radius 3 is 2.45 bits per heavy atom. The lowest BCUT2D eigenvalue weighted by Gasteiger charge is -2.14. The molecule has 8 nitrogen and oxygen atoms in total. The van der Waals surface area contributed by atoms with E-state index in [0.29, 0.717) is 27.6 Å². The molecule has 0 atom stereocenters. The third-order valence-corrected chi connectivity index (χ3v) is 6.55. The summed E-state index contributed by atoms with van der Waals surface area (Å²) in [5, 5.41) is -0.184. The van der Waals surface area contributed by atoms with Gasteiger partial charge in [-0.25, -0.2) is 8.42 Å². The largest absolute Gasteiger partial charge is 0.424 e. The van der Waals surface area contributed by atoms with Crippen molar-refractivity contribution in [3.8, 4) is 23.0 Å². The Morgan fingerprint density at radius 1 is 1.10 bits per heavy atom. The smallest absolute Gasteiger partial charge is 0.324 e. The van der Waals surface area contributed by atoms with Crippen molar-refractivity contribution in [2.45, 2.75) is 32.9 Å². The Hall–Kier alpha value is -2.91. The summed E-state index contributed by atoms with van der Waals surface area (Å²) in [7, 11) is -2.02. The summed E-state index contributed by atoms with van der Waals surface area (Å²) in [5.74, 6) is 0.499. The third kappa shape index (κ3) is 5.23. The first-order valence-electron chi connectivity index (χ1n) is 9.48. The van der Waals surface area contributed by atoms with Gasteiger partial charge in [0, 0.05) is 35.5 Å². The maximum absolute atomic E-state index is 12.4. The van der Waals surface area contributed by atoms with E-state index in [0.717, 1.165) is 5.56 Å². The lowest BCUT2D eigenvalue weighted by atomic mass is 10.1. The molecular weight excluding hydrogens is 440 g/mol. The first-order valence-corrected chi connectivity index (χ1v) is 11.4. The van der Waals surface area contributed by atoms with Crippen molar-refractivity contribution in [2.24, 2.45) is 7.05 Å². The zero-order chi connectivity index (χ0) is 22.9. The van der Waals surface area contributed by atoms with Gasteiger partial charge in [-0.15, -0.1) is 0 Å². The van der Waals surface area contributed by atoms with Crippen molar-refractivity contribution in [3.63, 3.8) is 0 Å².